The summed E-state index contributed by atoms with van der Waals surface area (Å²) in [5, 5.41) is 16.6. The van der Waals surface area contributed by atoms with E-state index in [1.165, 1.54) is 77.2 Å². The third-order valence-corrected chi connectivity index (χ3v) is 24.3. The number of benzene rings is 13. The van der Waals surface area contributed by atoms with Gasteiger partial charge in [-0.15, -0.1) is 0 Å². The fourth-order valence-corrected chi connectivity index (χ4v) is 17.6. The van der Waals surface area contributed by atoms with E-state index in [1.54, 1.807) is 0 Å². The second kappa shape index (κ2) is 26.4. The van der Waals surface area contributed by atoms with Gasteiger partial charge in [-0.2, -0.15) is 5.26 Å². The fraction of sp³-hybridized carbons (Fsp3) is 0.262. The average molecular weight is 1470 g/mol. The molecule has 0 radical (unpaired) electrons. The van der Waals surface area contributed by atoms with E-state index < -0.39 is 0 Å². The van der Waals surface area contributed by atoms with Gasteiger partial charge in [-0.05, 0) is 241 Å². The molecule has 0 unspecified atom stereocenters. The van der Waals surface area contributed by atoms with Crippen molar-refractivity contribution in [2.24, 2.45) is 0 Å². The molecule has 0 atom stereocenters. The lowest BCUT2D eigenvalue weighted by Crippen LogP contribution is -2.61. The lowest BCUT2D eigenvalue weighted by molar-refractivity contribution is 0.568. The maximum Gasteiger partial charge on any atom is 0.252 e. The highest BCUT2D eigenvalue weighted by Gasteiger charge is 2.45. The number of fused-ring (bicyclic) bond motifs is 10. The molecule has 4 heterocycles. The van der Waals surface area contributed by atoms with Gasteiger partial charge in [0.05, 0.1) is 33.7 Å². The maximum atomic E-state index is 11.8. The van der Waals surface area contributed by atoms with Gasteiger partial charge in [0.15, 0.2) is 0 Å². The second-order valence-corrected chi connectivity index (χ2v) is 39.6. The number of rotatable bonds is 8. The Morgan fingerprint density at radius 3 is 1.12 bits per heavy atom. The van der Waals surface area contributed by atoms with Gasteiger partial charge in [0.25, 0.3) is 6.71 Å². The molecule has 0 saturated heterocycles. The monoisotopic (exact) mass is 1470 g/mol. The summed E-state index contributed by atoms with van der Waals surface area (Å²) in [6.45, 7) is 48.8. The molecule has 113 heavy (non-hydrogen) atoms. The van der Waals surface area contributed by atoms with Crippen LogP contribution in [-0.4, -0.2) is 15.8 Å². The fourth-order valence-electron chi connectivity index (χ4n) is 17.6. The molecule has 0 N–H and O–H groups in total. The first kappa shape index (κ1) is 74.4. The van der Waals surface area contributed by atoms with Crippen LogP contribution in [0.5, 0.6) is 0 Å². The number of aromatic nitrogens is 2. The van der Waals surface area contributed by atoms with E-state index in [-0.39, 0.29) is 44.6 Å². The Kier molecular flexibility index (Phi) is 17.3. The summed E-state index contributed by atoms with van der Waals surface area (Å²) in [6.07, 6.45) is 0. The highest BCUT2D eigenvalue weighted by molar-refractivity contribution is 7.00. The Hall–Kier alpha value is -11.4. The van der Waals surface area contributed by atoms with Crippen LogP contribution in [0.25, 0.3) is 99.5 Å². The predicted molar refractivity (Wildman–Crippen MR) is 487 cm³/mol. The number of nitriles is 1. The number of para-hydroxylation sites is 2. The van der Waals surface area contributed by atoms with Crippen molar-refractivity contribution in [2.45, 2.75) is 183 Å². The van der Waals surface area contributed by atoms with Crippen molar-refractivity contribution < 1.29 is 0 Å². The van der Waals surface area contributed by atoms with Gasteiger partial charge in [0.1, 0.15) is 0 Å². The zero-order valence-corrected chi connectivity index (χ0v) is 70.1. The number of hydrogen-bond donors (Lipinski definition) is 0. The average Bonchev–Trinajstić information content (AvgIpc) is 1.34. The smallest absolute Gasteiger partial charge is 0.252 e. The molecule has 2 aliphatic heterocycles. The van der Waals surface area contributed by atoms with Crippen LogP contribution in [0.15, 0.2) is 261 Å². The first-order valence-corrected chi connectivity index (χ1v) is 40.7. The van der Waals surface area contributed by atoms with E-state index >= 15 is 0 Å². The van der Waals surface area contributed by atoms with Gasteiger partial charge < -0.3 is 18.9 Å². The van der Waals surface area contributed by atoms with Crippen LogP contribution < -0.4 is 26.2 Å². The number of anilines is 6. The topological polar surface area (TPSA) is 40.1 Å². The Labute approximate surface area is 671 Å². The summed E-state index contributed by atoms with van der Waals surface area (Å²) in [4.78, 5) is 5.21. The molecule has 13 aromatic carbocycles. The second-order valence-electron chi connectivity index (χ2n) is 39.6. The zero-order chi connectivity index (χ0) is 79.7. The molecule has 0 amide bonds. The Balaban J connectivity index is 1.05. The van der Waals surface area contributed by atoms with Crippen molar-refractivity contribution in [3.05, 3.63) is 305 Å². The molecule has 0 fully saturated rings. The Morgan fingerprint density at radius 2 is 0.611 bits per heavy atom. The normalized spacial score (nSPS) is 13.5. The minimum Gasteiger partial charge on any atom is -0.311 e. The summed E-state index contributed by atoms with van der Waals surface area (Å²) in [5.41, 5.74) is 34.2. The SMILES string of the molecule is CC(C)(C)c1cccc(-c2cc(-c3ccccc3)cc(N3c4cc(-c5cc(C(C)(C)C)cc(C(C)(C)C)c5)ccc4B4c5ccc(-n6c7ccc(C(C)(C)C)cc7c7cc(C(C)(C)C)ccc76)cc5N(c5cc(C#N)cc(-n6c7ccccc7c7ccccc76)c5)c5cc(-c6cc(C(C)(C)C)cc(C(C)(C)C)c6)cc3c54)c2)c1. The Bertz CT molecular complexity index is 6240. The van der Waals surface area contributed by atoms with Gasteiger partial charge in [-0.1, -0.05) is 303 Å². The van der Waals surface area contributed by atoms with Crippen LogP contribution in [0.1, 0.15) is 190 Å². The number of nitrogens with zero attached hydrogens (tertiary/aromatic N) is 5. The molecular formula is C107H106BN5. The van der Waals surface area contributed by atoms with E-state index in [9.17, 15) is 5.26 Å². The summed E-state index contributed by atoms with van der Waals surface area (Å²) in [6, 6.07) is 103. The van der Waals surface area contributed by atoms with Crippen LogP contribution >= 0.6 is 0 Å². The predicted octanol–water partition coefficient (Wildman–Crippen LogP) is 27.6. The molecule has 2 aliphatic rings. The quantitative estimate of drug-likeness (QED) is 0.142. The van der Waals surface area contributed by atoms with Crippen LogP contribution in [-0.2, 0) is 37.9 Å². The first-order valence-electron chi connectivity index (χ1n) is 40.7. The van der Waals surface area contributed by atoms with Gasteiger partial charge in [-0.25, -0.2) is 0 Å². The van der Waals surface area contributed by atoms with Crippen molar-refractivity contribution in [3.8, 4) is 62.0 Å². The standard InChI is InChI=1S/C107H106BN5/c1-101(2,3)75-33-29-32-68(49-75)71-48-70(67-30-23-22-24-31-67)54-85(55-71)113-96-56-69(72-50-78(104(10,11)12)59-79(51-72)105(13,14)15)38-42-90(96)108-91-43-41-82(110-94-44-39-76(102(4,5)6)61-88(94)89-62-77(103(7,8)9)40-45-95(89)110)64-97(91)112(98-57-74(58-99(113)100(98)108)73-52-80(106(16,17)18)60-81(53-73)107(19,20)21)84-47-66(65-109)46-83(63-84)111-92-36-27-25-34-86(92)87-35-26-28-37-93(87)111/h22-64H,1-21H3. The molecule has 0 saturated carbocycles. The first-order chi connectivity index (χ1) is 53.3. The van der Waals surface area contributed by atoms with Gasteiger partial charge in [0.2, 0.25) is 0 Å². The minimum absolute atomic E-state index is 0.0798. The summed E-state index contributed by atoms with van der Waals surface area (Å²) in [7, 11) is 0. The van der Waals surface area contributed by atoms with Gasteiger partial charge in [0, 0.05) is 67.0 Å². The van der Waals surface area contributed by atoms with Gasteiger partial charge in [-0.3, -0.25) is 0 Å². The third-order valence-electron chi connectivity index (χ3n) is 24.3. The van der Waals surface area contributed by atoms with Crippen LogP contribution in [0.2, 0.25) is 0 Å². The molecule has 0 spiro atoms. The molecule has 0 bridgehead atoms. The van der Waals surface area contributed by atoms with Crippen molar-refractivity contribution in [3.63, 3.8) is 0 Å². The molecule has 0 aliphatic carbocycles. The third kappa shape index (κ3) is 13.2. The number of hydrogen-bond acceptors (Lipinski definition) is 3. The molecule has 2 aromatic heterocycles. The highest BCUT2D eigenvalue weighted by atomic mass is 15.2. The van der Waals surface area contributed by atoms with Crippen molar-refractivity contribution in [2.75, 3.05) is 9.80 Å². The van der Waals surface area contributed by atoms with Crippen molar-refractivity contribution in [1.82, 2.24) is 9.13 Å². The van der Waals surface area contributed by atoms with Gasteiger partial charge >= 0.3 is 0 Å². The highest BCUT2D eigenvalue weighted by Crippen LogP contribution is 2.52. The van der Waals surface area contributed by atoms with Crippen molar-refractivity contribution >= 4 is 101 Å². The largest absolute Gasteiger partial charge is 0.311 e. The van der Waals surface area contributed by atoms with E-state index in [0.717, 1.165) is 112 Å². The molecular weight excluding hydrogens is 1370 g/mol. The lowest BCUT2D eigenvalue weighted by atomic mass is 9.33. The van der Waals surface area contributed by atoms with Crippen LogP contribution in [0, 0.1) is 11.3 Å². The molecule has 562 valence electrons. The molecule has 15 aromatic rings. The van der Waals surface area contributed by atoms with Crippen LogP contribution in [0.3, 0.4) is 0 Å². The maximum absolute atomic E-state index is 11.8. The van der Waals surface area contributed by atoms with E-state index in [1.807, 2.05) is 0 Å². The van der Waals surface area contributed by atoms with E-state index in [2.05, 4.69) is 431 Å². The molecule has 17 rings (SSSR count). The molecule has 5 nitrogen and oxygen atoms in total. The minimum atomic E-state index is -0.287. The van der Waals surface area contributed by atoms with E-state index in [0.29, 0.717) is 5.56 Å². The summed E-state index contributed by atoms with van der Waals surface area (Å²) >= 11 is 0. The van der Waals surface area contributed by atoms with Crippen LogP contribution in [0.4, 0.5) is 34.1 Å². The molecule has 6 heteroatoms. The summed E-state index contributed by atoms with van der Waals surface area (Å²) in [5.74, 6) is 0. The van der Waals surface area contributed by atoms with Crippen molar-refractivity contribution in [1.29, 1.82) is 5.26 Å². The zero-order valence-electron chi connectivity index (χ0n) is 70.1. The summed E-state index contributed by atoms with van der Waals surface area (Å²) < 4.78 is 4.90. The lowest BCUT2D eigenvalue weighted by Gasteiger charge is -2.45. The van der Waals surface area contributed by atoms with E-state index in [4.69, 9.17) is 0 Å². The Morgan fingerprint density at radius 1 is 0.239 bits per heavy atom.